The van der Waals surface area contributed by atoms with E-state index in [2.05, 4.69) is 18.7 Å². The minimum absolute atomic E-state index is 0.0300. The Kier molecular flexibility index (Phi) is 10.9. The van der Waals surface area contributed by atoms with Gasteiger partial charge in [-0.15, -0.1) is 0 Å². The number of rotatable bonds is 10. The maximum absolute atomic E-state index is 14.7. The van der Waals surface area contributed by atoms with E-state index < -0.39 is 12.1 Å². The van der Waals surface area contributed by atoms with Gasteiger partial charge in [-0.25, -0.2) is 9.79 Å². The first-order valence-corrected chi connectivity index (χ1v) is 17.6. The van der Waals surface area contributed by atoms with Crippen molar-refractivity contribution >= 4 is 23.7 Å². The SMILES string of the molecule is CCCCOC(=O)[C@@H]1C[C@@H]2CCCC[C@@H]2N1C(=O)[C@H](C)N1C(=NC2CCCCC2)N(C2CCCCC2)C(=O)C1CCC. The number of likely N-dealkylation sites (tertiary alicyclic amines) is 1. The minimum atomic E-state index is -0.562. The summed E-state index contributed by atoms with van der Waals surface area (Å²) in [7, 11) is 0. The summed E-state index contributed by atoms with van der Waals surface area (Å²) in [6, 6.07) is -1.02. The van der Waals surface area contributed by atoms with Crippen molar-refractivity contribution in [2.24, 2.45) is 10.9 Å². The molecule has 0 bridgehead atoms. The van der Waals surface area contributed by atoms with Crippen molar-refractivity contribution in [2.75, 3.05) is 6.61 Å². The van der Waals surface area contributed by atoms with Crippen LogP contribution in [0.3, 0.4) is 0 Å². The number of amides is 2. The van der Waals surface area contributed by atoms with Crippen LogP contribution in [0.2, 0.25) is 0 Å². The number of aliphatic imine (C=N–C) groups is 1. The highest BCUT2D eigenvalue weighted by Gasteiger charge is 2.53. The molecule has 8 nitrogen and oxygen atoms in total. The summed E-state index contributed by atoms with van der Waals surface area (Å²) in [5, 5.41) is 0. The number of ether oxygens (including phenoxy) is 1. The van der Waals surface area contributed by atoms with Gasteiger partial charge in [-0.3, -0.25) is 14.5 Å². The third-order valence-corrected chi connectivity index (χ3v) is 10.8. The van der Waals surface area contributed by atoms with Crippen molar-refractivity contribution in [3.63, 3.8) is 0 Å². The van der Waals surface area contributed by atoms with Gasteiger partial charge in [0.25, 0.3) is 5.91 Å². The van der Waals surface area contributed by atoms with Crippen LogP contribution in [-0.4, -0.2) is 81.3 Å². The van der Waals surface area contributed by atoms with Crippen LogP contribution in [0, 0.1) is 5.92 Å². The summed E-state index contributed by atoms with van der Waals surface area (Å²) in [4.78, 5) is 53.8. The molecule has 0 aromatic heterocycles. The van der Waals surface area contributed by atoms with E-state index in [1.54, 1.807) is 0 Å². The molecule has 0 radical (unpaired) electrons. The normalized spacial score (nSPS) is 31.1. The fraction of sp³-hybridized carbons (Fsp3) is 0.882. The average molecular weight is 585 g/mol. The second-order valence-electron chi connectivity index (χ2n) is 13.7. The fourth-order valence-corrected chi connectivity index (χ4v) is 8.54. The lowest BCUT2D eigenvalue weighted by molar-refractivity contribution is -0.156. The first kappa shape index (κ1) is 31.3. The van der Waals surface area contributed by atoms with Crippen LogP contribution in [0.5, 0.6) is 0 Å². The number of carbonyl (C=O) groups is 3. The zero-order valence-corrected chi connectivity index (χ0v) is 26.6. The molecule has 3 aliphatic carbocycles. The van der Waals surface area contributed by atoms with Gasteiger partial charge in [0.15, 0.2) is 0 Å². The number of unbranched alkanes of at least 4 members (excludes halogenated alkanes) is 1. The van der Waals surface area contributed by atoms with Crippen molar-refractivity contribution in [3.05, 3.63) is 0 Å². The zero-order valence-electron chi connectivity index (χ0n) is 26.6. The molecule has 2 heterocycles. The molecule has 1 unspecified atom stereocenters. The second-order valence-corrected chi connectivity index (χ2v) is 13.7. The van der Waals surface area contributed by atoms with Gasteiger partial charge in [-0.05, 0) is 70.6 Å². The van der Waals surface area contributed by atoms with Gasteiger partial charge in [0.2, 0.25) is 11.9 Å². The van der Waals surface area contributed by atoms with Gasteiger partial charge >= 0.3 is 5.97 Å². The number of hydrogen-bond acceptors (Lipinski definition) is 5. The minimum Gasteiger partial charge on any atom is -0.464 e. The van der Waals surface area contributed by atoms with E-state index >= 15 is 0 Å². The molecule has 5 rings (SSSR count). The lowest BCUT2D eigenvalue weighted by Crippen LogP contribution is -2.56. The van der Waals surface area contributed by atoms with Crippen LogP contribution < -0.4 is 0 Å². The van der Waals surface area contributed by atoms with Crippen molar-refractivity contribution in [1.82, 2.24) is 14.7 Å². The van der Waals surface area contributed by atoms with Crippen molar-refractivity contribution < 1.29 is 19.1 Å². The number of esters is 1. The summed E-state index contributed by atoms with van der Waals surface area (Å²) < 4.78 is 5.72. The molecule has 0 spiro atoms. The number of guanidine groups is 1. The van der Waals surface area contributed by atoms with Gasteiger partial charge in [-0.1, -0.05) is 78.1 Å². The largest absolute Gasteiger partial charge is 0.464 e. The quantitative estimate of drug-likeness (QED) is 0.225. The van der Waals surface area contributed by atoms with Gasteiger partial charge in [0.05, 0.1) is 12.6 Å². The maximum Gasteiger partial charge on any atom is 0.328 e. The molecule has 236 valence electrons. The first-order chi connectivity index (χ1) is 20.5. The van der Waals surface area contributed by atoms with E-state index in [0.29, 0.717) is 25.4 Å². The molecule has 2 saturated heterocycles. The van der Waals surface area contributed by atoms with Crippen molar-refractivity contribution in [2.45, 2.75) is 179 Å². The first-order valence-electron chi connectivity index (χ1n) is 17.6. The van der Waals surface area contributed by atoms with Crippen LogP contribution in [0.15, 0.2) is 4.99 Å². The zero-order chi connectivity index (χ0) is 29.6. The highest BCUT2D eigenvalue weighted by Crippen LogP contribution is 2.42. The van der Waals surface area contributed by atoms with Gasteiger partial charge < -0.3 is 14.5 Å². The third kappa shape index (κ3) is 6.52. The Morgan fingerprint density at radius 1 is 0.905 bits per heavy atom. The molecule has 0 N–H and O–H groups in total. The molecule has 2 aliphatic heterocycles. The monoisotopic (exact) mass is 584 g/mol. The number of carbonyl (C=O) groups excluding carboxylic acids is 3. The molecular weight excluding hydrogens is 528 g/mol. The van der Waals surface area contributed by atoms with E-state index in [1.807, 2.05) is 16.7 Å². The Morgan fingerprint density at radius 2 is 1.57 bits per heavy atom. The van der Waals surface area contributed by atoms with E-state index in [4.69, 9.17) is 9.73 Å². The fourth-order valence-electron chi connectivity index (χ4n) is 8.54. The highest BCUT2D eigenvalue weighted by atomic mass is 16.5. The van der Waals surface area contributed by atoms with E-state index in [0.717, 1.165) is 89.4 Å². The molecule has 5 aliphatic rings. The second kappa shape index (κ2) is 14.6. The summed E-state index contributed by atoms with van der Waals surface area (Å²) in [6.07, 6.45) is 19.5. The Balaban J connectivity index is 1.47. The molecule has 0 aromatic carbocycles. The third-order valence-electron chi connectivity index (χ3n) is 10.8. The number of nitrogens with zero attached hydrogens (tertiary/aromatic N) is 4. The van der Waals surface area contributed by atoms with E-state index in [1.165, 1.54) is 25.7 Å². The Labute approximate surface area is 254 Å². The summed E-state index contributed by atoms with van der Waals surface area (Å²) in [5.74, 6) is 0.947. The molecule has 3 saturated carbocycles. The number of hydrogen-bond donors (Lipinski definition) is 0. The highest BCUT2D eigenvalue weighted by molar-refractivity contribution is 6.08. The van der Waals surface area contributed by atoms with Crippen LogP contribution >= 0.6 is 0 Å². The Hall–Kier alpha value is -2.12. The summed E-state index contributed by atoms with van der Waals surface area (Å²) >= 11 is 0. The number of fused-ring (bicyclic) bond motifs is 1. The van der Waals surface area contributed by atoms with Gasteiger partial charge in [0, 0.05) is 12.1 Å². The molecule has 42 heavy (non-hydrogen) atoms. The topological polar surface area (TPSA) is 82.5 Å². The van der Waals surface area contributed by atoms with E-state index in [9.17, 15) is 14.4 Å². The summed E-state index contributed by atoms with van der Waals surface area (Å²) in [5.41, 5.74) is 0. The van der Waals surface area contributed by atoms with Crippen LogP contribution in [0.4, 0.5) is 0 Å². The molecule has 2 amide bonds. The predicted octanol–water partition coefficient (Wildman–Crippen LogP) is 6.21. The Morgan fingerprint density at radius 3 is 2.26 bits per heavy atom. The molecule has 5 atom stereocenters. The lowest BCUT2D eigenvalue weighted by Gasteiger charge is -2.39. The summed E-state index contributed by atoms with van der Waals surface area (Å²) in [6.45, 7) is 6.58. The molecular formula is C34H56N4O4. The standard InChI is InChI=1S/C34H56N4O4/c1-4-6-22-42-33(41)30-23-25-16-13-14-21-28(25)38(30)31(39)24(3)36-29(15-5-2)32(40)37(27-19-11-8-12-20-27)34(36)35-26-17-9-7-10-18-26/h24-30H,4-23H2,1-3H3/t24-,25-,28-,29?,30-/m0/s1. The van der Waals surface area contributed by atoms with Crippen LogP contribution in [-0.2, 0) is 19.1 Å². The molecule has 5 fully saturated rings. The smallest absolute Gasteiger partial charge is 0.328 e. The van der Waals surface area contributed by atoms with E-state index in [-0.39, 0.29) is 42.0 Å². The molecule has 0 aromatic rings. The van der Waals surface area contributed by atoms with Gasteiger partial charge in [-0.2, -0.15) is 0 Å². The predicted molar refractivity (Wildman–Crippen MR) is 165 cm³/mol. The Bertz CT molecular complexity index is 973. The lowest BCUT2D eigenvalue weighted by atomic mass is 9.84. The van der Waals surface area contributed by atoms with Crippen molar-refractivity contribution in [1.29, 1.82) is 0 Å². The average Bonchev–Trinajstić information content (AvgIpc) is 3.53. The van der Waals surface area contributed by atoms with Crippen LogP contribution in [0.1, 0.15) is 143 Å². The van der Waals surface area contributed by atoms with Crippen LogP contribution in [0.25, 0.3) is 0 Å². The maximum atomic E-state index is 14.7. The van der Waals surface area contributed by atoms with Crippen molar-refractivity contribution in [3.8, 4) is 0 Å². The van der Waals surface area contributed by atoms with Gasteiger partial charge in [0.1, 0.15) is 18.1 Å². The molecule has 8 heteroatoms.